The fraction of sp³-hybridized carbons (Fsp3) is 0.650. The SMILES string of the molecule is CC1CC(CO)=Nc2c(cc(Cl)c(Cl)c2OCC2CCCC(O)C2)C1C. The van der Waals surface area contributed by atoms with Crippen LogP contribution in [-0.4, -0.2) is 35.2 Å². The smallest absolute Gasteiger partial charge is 0.165 e. The molecule has 1 aliphatic carbocycles. The van der Waals surface area contributed by atoms with E-state index >= 15 is 0 Å². The molecule has 1 heterocycles. The molecule has 0 amide bonds. The van der Waals surface area contributed by atoms with Crippen LogP contribution in [0.1, 0.15) is 57.4 Å². The standard InChI is InChI=1S/C20H27Cl2NO3/c1-11-6-14(9-24)23-19-16(12(11)2)8-17(21)18(22)20(19)26-10-13-4-3-5-15(25)7-13/h8,11-13,15,24-25H,3-7,9-10H2,1-2H3. The van der Waals surface area contributed by atoms with Crippen molar-refractivity contribution >= 4 is 34.6 Å². The summed E-state index contributed by atoms with van der Waals surface area (Å²) < 4.78 is 6.12. The molecule has 2 N–H and O–H groups in total. The average Bonchev–Trinajstić information content (AvgIpc) is 2.73. The number of aliphatic hydroxyl groups excluding tert-OH is 2. The third kappa shape index (κ3) is 4.19. The summed E-state index contributed by atoms with van der Waals surface area (Å²) in [7, 11) is 0. The maximum Gasteiger partial charge on any atom is 0.165 e. The number of rotatable bonds is 4. The molecule has 144 valence electrons. The Morgan fingerprint density at radius 1 is 1.27 bits per heavy atom. The van der Waals surface area contributed by atoms with E-state index in [9.17, 15) is 10.2 Å². The second-order valence-electron chi connectivity index (χ2n) is 7.74. The lowest BCUT2D eigenvalue weighted by Crippen LogP contribution is -2.24. The van der Waals surface area contributed by atoms with Crippen molar-refractivity contribution in [3.05, 3.63) is 21.7 Å². The minimum absolute atomic E-state index is 0.0784. The summed E-state index contributed by atoms with van der Waals surface area (Å²) in [5, 5.41) is 20.4. The number of aliphatic imine (C=N–C) groups is 1. The number of ether oxygens (including phenoxy) is 1. The lowest BCUT2D eigenvalue weighted by atomic mass is 9.86. The highest BCUT2D eigenvalue weighted by Gasteiger charge is 2.29. The van der Waals surface area contributed by atoms with Gasteiger partial charge in [0.2, 0.25) is 0 Å². The summed E-state index contributed by atoms with van der Waals surface area (Å²) in [5.41, 5.74) is 2.44. The number of nitrogens with zero attached hydrogens (tertiary/aromatic N) is 1. The Bertz CT molecular complexity index is 692. The Morgan fingerprint density at radius 2 is 2.04 bits per heavy atom. The molecule has 1 fully saturated rings. The van der Waals surface area contributed by atoms with E-state index in [0.29, 0.717) is 39.9 Å². The predicted molar refractivity (Wildman–Crippen MR) is 106 cm³/mol. The van der Waals surface area contributed by atoms with Gasteiger partial charge in [0.25, 0.3) is 0 Å². The Balaban J connectivity index is 1.95. The molecule has 0 saturated heterocycles. The van der Waals surface area contributed by atoms with Crippen LogP contribution in [0.25, 0.3) is 0 Å². The first-order valence-corrected chi connectivity index (χ1v) is 10.2. The molecule has 3 rings (SSSR count). The van der Waals surface area contributed by atoms with Crippen LogP contribution in [0.4, 0.5) is 5.69 Å². The van der Waals surface area contributed by atoms with E-state index in [1.807, 2.05) is 6.07 Å². The number of hydrogen-bond donors (Lipinski definition) is 2. The Morgan fingerprint density at radius 3 is 2.73 bits per heavy atom. The van der Waals surface area contributed by atoms with Crippen molar-refractivity contribution in [2.24, 2.45) is 16.8 Å². The van der Waals surface area contributed by atoms with Crippen molar-refractivity contribution in [2.75, 3.05) is 13.2 Å². The van der Waals surface area contributed by atoms with Gasteiger partial charge < -0.3 is 14.9 Å². The zero-order valence-electron chi connectivity index (χ0n) is 15.3. The van der Waals surface area contributed by atoms with E-state index in [1.165, 1.54) is 0 Å². The van der Waals surface area contributed by atoms with Crippen LogP contribution in [0.5, 0.6) is 5.75 Å². The first kappa shape index (κ1) is 19.9. The molecule has 4 nitrogen and oxygen atoms in total. The fourth-order valence-electron chi connectivity index (χ4n) is 3.98. The first-order valence-electron chi connectivity index (χ1n) is 9.40. The van der Waals surface area contributed by atoms with Crippen LogP contribution in [0.3, 0.4) is 0 Å². The molecule has 6 heteroatoms. The highest BCUT2D eigenvalue weighted by atomic mass is 35.5. The summed E-state index contributed by atoms with van der Waals surface area (Å²) in [6, 6.07) is 1.88. The quantitative estimate of drug-likeness (QED) is 0.737. The molecule has 0 radical (unpaired) electrons. The molecule has 1 aromatic rings. The molecule has 0 aromatic heterocycles. The normalized spacial score (nSPS) is 28.9. The second-order valence-corrected chi connectivity index (χ2v) is 8.53. The summed E-state index contributed by atoms with van der Waals surface area (Å²) in [6.07, 6.45) is 4.15. The van der Waals surface area contributed by atoms with Gasteiger partial charge in [-0.2, -0.15) is 0 Å². The number of aliphatic hydroxyl groups is 2. The van der Waals surface area contributed by atoms with Gasteiger partial charge >= 0.3 is 0 Å². The van der Waals surface area contributed by atoms with E-state index in [0.717, 1.165) is 43.4 Å². The topological polar surface area (TPSA) is 62.1 Å². The number of fused-ring (bicyclic) bond motifs is 1. The maximum atomic E-state index is 9.88. The molecule has 4 unspecified atom stereocenters. The predicted octanol–water partition coefficient (Wildman–Crippen LogP) is 5.13. The van der Waals surface area contributed by atoms with Crippen LogP contribution in [0.2, 0.25) is 10.0 Å². The highest BCUT2D eigenvalue weighted by Crippen LogP contribution is 2.49. The van der Waals surface area contributed by atoms with Crippen molar-refractivity contribution in [1.82, 2.24) is 0 Å². The maximum absolute atomic E-state index is 9.88. The van der Waals surface area contributed by atoms with Gasteiger partial charge in [-0.3, -0.25) is 4.99 Å². The third-order valence-electron chi connectivity index (χ3n) is 5.75. The molecule has 0 spiro atoms. The van der Waals surface area contributed by atoms with Gasteiger partial charge in [-0.25, -0.2) is 0 Å². The summed E-state index contributed by atoms with van der Waals surface area (Å²) in [5.74, 6) is 1.36. The lowest BCUT2D eigenvalue weighted by Gasteiger charge is -2.27. The van der Waals surface area contributed by atoms with E-state index in [-0.39, 0.29) is 18.6 Å². The van der Waals surface area contributed by atoms with Gasteiger partial charge in [0.15, 0.2) is 5.75 Å². The van der Waals surface area contributed by atoms with Crippen molar-refractivity contribution < 1.29 is 14.9 Å². The van der Waals surface area contributed by atoms with E-state index in [1.54, 1.807) is 0 Å². The molecule has 26 heavy (non-hydrogen) atoms. The van der Waals surface area contributed by atoms with Crippen LogP contribution in [0.15, 0.2) is 11.1 Å². The number of benzene rings is 1. The van der Waals surface area contributed by atoms with Gasteiger partial charge in [0.1, 0.15) is 10.7 Å². The number of hydrogen-bond acceptors (Lipinski definition) is 4. The van der Waals surface area contributed by atoms with Crippen molar-refractivity contribution in [3.63, 3.8) is 0 Å². The van der Waals surface area contributed by atoms with Gasteiger partial charge in [0.05, 0.1) is 24.3 Å². The van der Waals surface area contributed by atoms with Crippen molar-refractivity contribution in [3.8, 4) is 5.75 Å². The first-order chi connectivity index (χ1) is 12.4. The van der Waals surface area contributed by atoms with Crippen molar-refractivity contribution in [1.29, 1.82) is 0 Å². The Labute approximate surface area is 165 Å². The minimum Gasteiger partial charge on any atom is -0.489 e. The molecule has 2 aliphatic rings. The van der Waals surface area contributed by atoms with Gasteiger partial charge in [-0.05, 0) is 55.1 Å². The largest absolute Gasteiger partial charge is 0.489 e. The summed E-state index contributed by atoms with van der Waals surface area (Å²) in [4.78, 5) is 4.69. The minimum atomic E-state index is -0.246. The molecular weight excluding hydrogens is 373 g/mol. The molecule has 1 aromatic carbocycles. The van der Waals surface area contributed by atoms with E-state index in [4.69, 9.17) is 27.9 Å². The molecule has 4 atom stereocenters. The van der Waals surface area contributed by atoms with Gasteiger partial charge in [-0.1, -0.05) is 43.5 Å². The Kier molecular flexibility index (Phi) is 6.50. The lowest BCUT2D eigenvalue weighted by molar-refractivity contribution is 0.0811. The van der Waals surface area contributed by atoms with Crippen LogP contribution >= 0.6 is 23.2 Å². The molecule has 0 bridgehead atoms. The van der Waals surface area contributed by atoms with Crippen LogP contribution in [0, 0.1) is 11.8 Å². The van der Waals surface area contributed by atoms with E-state index < -0.39 is 0 Å². The fourth-order valence-corrected chi connectivity index (χ4v) is 4.38. The molecule has 1 saturated carbocycles. The van der Waals surface area contributed by atoms with Gasteiger partial charge in [-0.15, -0.1) is 0 Å². The Hall–Kier alpha value is -0.810. The second kappa shape index (κ2) is 8.47. The zero-order chi connectivity index (χ0) is 18.8. The van der Waals surface area contributed by atoms with Crippen LogP contribution in [-0.2, 0) is 0 Å². The molecule has 1 aliphatic heterocycles. The van der Waals surface area contributed by atoms with Crippen molar-refractivity contribution in [2.45, 2.75) is 58.0 Å². The van der Waals surface area contributed by atoms with E-state index in [2.05, 4.69) is 18.8 Å². The highest BCUT2D eigenvalue weighted by molar-refractivity contribution is 6.43. The molecular formula is C20H27Cl2NO3. The number of halogens is 2. The monoisotopic (exact) mass is 399 g/mol. The van der Waals surface area contributed by atoms with Crippen LogP contribution < -0.4 is 4.74 Å². The third-order valence-corrected chi connectivity index (χ3v) is 6.52. The average molecular weight is 400 g/mol. The van der Waals surface area contributed by atoms with Gasteiger partial charge in [0, 0.05) is 5.71 Å². The zero-order valence-corrected chi connectivity index (χ0v) is 16.9. The summed E-state index contributed by atoms with van der Waals surface area (Å²) >= 11 is 12.8. The summed E-state index contributed by atoms with van der Waals surface area (Å²) in [6.45, 7) is 4.70.